The summed E-state index contributed by atoms with van der Waals surface area (Å²) in [5.41, 5.74) is 2.67. The quantitative estimate of drug-likeness (QED) is 0.440. The Bertz CT molecular complexity index is 1070. The van der Waals surface area contributed by atoms with E-state index in [9.17, 15) is 18.0 Å². The van der Waals surface area contributed by atoms with Gasteiger partial charge in [-0.25, -0.2) is 13.6 Å². The maximum atomic E-state index is 12.3. The first-order valence-electron chi connectivity index (χ1n) is 11.0. The summed E-state index contributed by atoms with van der Waals surface area (Å²) in [5, 5.41) is 10.7. The maximum Gasteiger partial charge on any atom is 0.238 e. The van der Waals surface area contributed by atoms with Crippen LogP contribution in [0.3, 0.4) is 0 Å². The molecule has 0 radical (unpaired) electrons. The van der Waals surface area contributed by atoms with E-state index in [-0.39, 0.29) is 29.8 Å². The molecular formula is C23H31N5O5S. The Hall–Kier alpha value is -2.99. The second kappa shape index (κ2) is 11.9. The lowest BCUT2D eigenvalue weighted by Crippen LogP contribution is -2.39. The number of hydrogen-bond acceptors (Lipinski definition) is 7. The fraction of sp³-hybridized carbons (Fsp3) is 0.391. The first-order valence-corrected chi connectivity index (χ1v) is 12.5. The Morgan fingerprint density at radius 1 is 1.00 bits per heavy atom. The number of nitrogens with one attached hydrogen (secondary N) is 2. The van der Waals surface area contributed by atoms with Crippen molar-refractivity contribution in [2.75, 3.05) is 63.2 Å². The number of carbonyl (C=O) groups is 2. The van der Waals surface area contributed by atoms with Gasteiger partial charge in [0, 0.05) is 31.0 Å². The van der Waals surface area contributed by atoms with Gasteiger partial charge in [0.15, 0.2) is 0 Å². The number of ether oxygens (including phenoxy) is 1. The minimum absolute atomic E-state index is 0.0493. The molecule has 0 spiro atoms. The molecule has 184 valence electrons. The molecule has 0 saturated carbocycles. The number of morpholine rings is 1. The highest BCUT2D eigenvalue weighted by Crippen LogP contribution is 2.19. The highest BCUT2D eigenvalue weighted by molar-refractivity contribution is 7.89. The molecule has 34 heavy (non-hydrogen) atoms. The summed E-state index contributed by atoms with van der Waals surface area (Å²) in [6.45, 7) is 3.68. The Balaban J connectivity index is 1.36. The van der Waals surface area contributed by atoms with Gasteiger partial charge in [0.1, 0.15) is 0 Å². The van der Waals surface area contributed by atoms with Gasteiger partial charge in [-0.15, -0.1) is 0 Å². The van der Waals surface area contributed by atoms with E-state index < -0.39 is 10.0 Å². The molecule has 10 nitrogen and oxygen atoms in total. The Morgan fingerprint density at radius 3 is 2.24 bits per heavy atom. The van der Waals surface area contributed by atoms with Crippen LogP contribution in [-0.2, 0) is 30.8 Å². The van der Waals surface area contributed by atoms with Crippen molar-refractivity contribution < 1.29 is 22.7 Å². The molecule has 1 saturated heterocycles. The largest absolute Gasteiger partial charge is 0.378 e. The van der Waals surface area contributed by atoms with Crippen LogP contribution in [0, 0.1) is 0 Å². The number of rotatable bonds is 10. The van der Waals surface area contributed by atoms with Crippen LogP contribution in [0.15, 0.2) is 53.4 Å². The molecule has 3 rings (SSSR count). The predicted molar refractivity (Wildman–Crippen MR) is 130 cm³/mol. The van der Waals surface area contributed by atoms with Crippen molar-refractivity contribution in [2.24, 2.45) is 5.14 Å². The Kier molecular flexibility index (Phi) is 8.99. The third kappa shape index (κ3) is 8.10. The van der Waals surface area contributed by atoms with E-state index in [1.165, 1.54) is 12.1 Å². The van der Waals surface area contributed by atoms with Crippen molar-refractivity contribution in [3.8, 4) is 0 Å². The van der Waals surface area contributed by atoms with Crippen LogP contribution in [0.5, 0.6) is 0 Å². The molecule has 0 atom stereocenters. The molecule has 2 aromatic carbocycles. The topological polar surface area (TPSA) is 134 Å². The van der Waals surface area contributed by atoms with Crippen molar-refractivity contribution >= 4 is 33.2 Å². The SMILES string of the molecule is CN(CC(=O)NCCc1ccc(S(N)(=O)=O)cc1)CC(=O)Nc1ccc(N2CCOCC2)cc1. The average Bonchev–Trinajstić information content (AvgIpc) is 2.79. The van der Waals surface area contributed by atoms with Crippen LogP contribution in [0.1, 0.15) is 5.56 Å². The third-order valence-electron chi connectivity index (χ3n) is 5.34. The second-order valence-electron chi connectivity index (χ2n) is 8.16. The zero-order valence-electron chi connectivity index (χ0n) is 19.2. The molecule has 1 aliphatic rings. The molecular weight excluding hydrogens is 458 g/mol. The minimum atomic E-state index is -3.72. The summed E-state index contributed by atoms with van der Waals surface area (Å²) >= 11 is 0. The molecule has 2 amide bonds. The summed E-state index contributed by atoms with van der Waals surface area (Å²) in [4.78, 5) is 28.4. The summed E-state index contributed by atoms with van der Waals surface area (Å²) in [5.74, 6) is -0.407. The number of carbonyl (C=O) groups excluding carboxylic acids is 2. The smallest absolute Gasteiger partial charge is 0.238 e. The molecule has 0 bridgehead atoms. The molecule has 11 heteroatoms. The number of sulfonamides is 1. The predicted octanol–water partition coefficient (Wildman–Crippen LogP) is 0.400. The van der Waals surface area contributed by atoms with Gasteiger partial charge in [0.05, 0.1) is 31.2 Å². The van der Waals surface area contributed by atoms with E-state index in [1.54, 1.807) is 24.1 Å². The molecule has 2 aromatic rings. The average molecular weight is 490 g/mol. The number of benzene rings is 2. The number of nitrogens with zero attached hydrogens (tertiary/aromatic N) is 2. The van der Waals surface area contributed by atoms with Crippen LogP contribution in [0.25, 0.3) is 0 Å². The van der Waals surface area contributed by atoms with E-state index in [2.05, 4.69) is 15.5 Å². The number of nitrogens with two attached hydrogens (primary N) is 1. The maximum absolute atomic E-state index is 12.3. The van der Waals surface area contributed by atoms with E-state index in [0.29, 0.717) is 31.9 Å². The Labute approximate surface area is 200 Å². The van der Waals surface area contributed by atoms with Crippen LogP contribution < -0.4 is 20.7 Å². The van der Waals surface area contributed by atoms with Gasteiger partial charge in [-0.2, -0.15) is 0 Å². The lowest BCUT2D eigenvalue weighted by Gasteiger charge is -2.28. The number of likely N-dealkylation sites (N-methyl/N-ethyl adjacent to an activating group) is 1. The van der Waals surface area contributed by atoms with Gasteiger partial charge in [-0.3, -0.25) is 14.5 Å². The van der Waals surface area contributed by atoms with Crippen LogP contribution in [-0.4, -0.2) is 78.1 Å². The van der Waals surface area contributed by atoms with Crippen molar-refractivity contribution in [2.45, 2.75) is 11.3 Å². The third-order valence-corrected chi connectivity index (χ3v) is 6.27. The molecule has 0 aromatic heterocycles. The monoisotopic (exact) mass is 489 g/mol. The summed E-state index contributed by atoms with van der Waals surface area (Å²) in [6, 6.07) is 13.9. The van der Waals surface area contributed by atoms with E-state index in [1.807, 2.05) is 24.3 Å². The number of amides is 2. The minimum Gasteiger partial charge on any atom is -0.378 e. The molecule has 1 fully saturated rings. The Morgan fingerprint density at radius 2 is 1.62 bits per heavy atom. The molecule has 1 aliphatic heterocycles. The number of hydrogen-bond donors (Lipinski definition) is 3. The van der Waals surface area contributed by atoms with Gasteiger partial charge < -0.3 is 20.3 Å². The molecule has 0 unspecified atom stereocenters. The number of anilines is 2. The fourth-order valence-electron chi connectivity index (χ4n) is 3.57. The van der Waals surface area contributed by atoms with Gasteiger partial charge in [0.25, 0.3) is 0 Å². The summed E-state index contributed by atoms with van der Waals surface area (Å²) in [6.07, 6.45) is 0.543. The number of primary sulfonamides is 1. The van der Waals surface area contributed by atoms with Crippen molar-refractivity contribution in [1.29, 1.82) is 0 Å². The standard InChI is InChI=1S/C23H31N5O5S/c1-27(16-22(29)25-11-10-18-2-8-21(9-3-18)34(24,31)32)17-23(30)26-19-4-6-20(7-5-19)28-12-14-33-15-13-28/h2-9H,10-17H2,1H3,(H,25,29)(H,26,30)(H2,24,31,32). The normalized spacial score (nSPS) is 14.1. The lowest BCUT2D eigenvalue weighted by atomic mass is 10.1. The first-order chi connectivity index (χ1) is 16.2. The molecule has 4 N–H and O–H groups in total. The molecule has 1 heterocycles. The highest BCUT2D eigenvalue weighted by Gasteiger charge is 2.13. The van der Waals surface area contributed by atoms with Crippen molar-refractivity contribution in [1.82, 2.24) is 10.2 Å². The summed E-state index contributed by atoms with van der Waals surface area (Å²) in [7, 11) is -2.02. The zero-order valence-corrected chi connectivity index (χ0v) is 20.0. The van der Waals surface area contributed by atoms with E-state index in [4.69, 9.17) is 9.88 Å². The van der Waals surface area contributed by atoms with E-state index >= 15 is 0 Å². The van der Waals surface area contributed by atoms with Gasteiger partial charge in [0.2, 0.25) is 21.8 Å². The van der Waals surface area contributed by atoms with Gasteiger partial charge in [-0.05, 0) is 55.4 Å². The van der Waals surface area contributed by atoms with Crippen molar-refractivity contribution in [3.63, 3.8) is 0 Å². The van der Waals surface area contributed by atoms with Crippen LogP contribution in [0.4, 0.5) is 11.4 Å². The fourth-order valence-corrected chi connectivity index (χ4v) is 4.09. The summed E-state index contributed by atoms with van der Waals surface area (Å²) < 4.78 is 27.9. The first kappa shape index (κ1) is 25.6. The second-order valence-corrected chi connectivity index (χ2v) is 9.72. The van der Waals surface area contributed by atoms with Gasteiger partial charge >= 0.3 is 0 Å². The van der Waals surface area contributed by atoms with Crippen LogP contribution >= 0.6 is 0 Å². The van der Waals surface area contributed by atoms with Crippen molar-refractivity contribution in [3.05, 3.63) is 54.1 Å². The van der Waals surface area contributed by atoms with Gasteiger partial charge in [-0.1, -0.05) is 12.1 Å². The lowest BCUT2D eigenvalue weighted by molar-refractivity contribution is -0.122. The van der Waals surface area contributed by atoms with E-state index in [0.717, 1.165) is 24.3 Å². The molecule has 0 aliphatic carbocycles. The highest BCUT2D eigenvalue weighted by atomic mass is 32.2. The zero-order chi connectivity index (χ0) is 24.6. The van der Waals surface area contributed by atoms with Crippen LogP contribution in [0.2, 0.25) is 0 Å².